The molecule has 136 valence electrons. The SMILES string of the molecule is CCc1ccc(NC(N)=NCc2cccc(Cn3ccnc3)c2)cc1.I. The third-order valence-electron chi connectivity index (χ3n) is 3.98. The first-order valence-electron chi connectivity index (χ1n) is 8.42. The molecule has 0 bridgehead atoms. The fourth-order valence-corrected chi connectivity index (χ4v) is 2.61. The van der Waals surface area contributed by atoms with Crippen LogP contribution in [0.2, 0.25) is 0 Å². The van der Waals surface area contributed by atoms with Crippen LogP contribution in [-0.4, -0.2) is 15.5 Å². The van der Waals surface area contributed by atoms with Crippen molar-refractivity contribution in [3.05, 3.63) is 83.9 Å². The van der Waals surface area contributed by atoms with Crippen LogP contribution in [-0.2, 0) is 19.5 Å². The van der Waals surface area contributed by atoms with Crippen LogP contribution in [0.3, 0.4) is 0 Å². The number of hydrogen-bond acceptors (Lipinski definition) is 2. The molecule has 0 aliphatic carbocycles. The number of hydrogen-bond donors (Lipinski definition) is 2. The van der Waals surface area contributed by atoms with Crippen LogP contribution in [0.4, 0.5) is 5.69 Å². The van der Waals surface area contributed by atoms with E-state index in [0.717, 1.165) is 24.2 Å². The predicted octanol–water partition coefficient (Wildman–Crippen LogP) is 4.04. The number of guanidine groups is 1. The second-order valence-electron chi connectivity index (χ2n) is 5.93. The van der Waals surface area contributed by atoms with Crippen LogP contribution in [0.15, 0.2) is 72.2 Å². The average molecular weight is 461 g/mol. The summed E-state index contributed by atoms with van der Waals surface area (Å²) in [7, 11) is 0. The maximum atomic E-state index is 6.00. The smallest absolute Gasteiger partial charge is 0.193 e. The lowest BCUT2D eigenvalue weighted by Crippen LogP contribution is -2.22. The van der Waals surface area contributed by atoms with E-state index in [1.165, 1.54) is 11.1 Å². The summed E-state index contributed by atoms with van der Waals surface area (Å²) in [5.41, 5.74) is 10.6. The van der Waals surface area contributed by atoms with E-state index in [-0.39, 0.29) is 24.0 Å². The predicted molar refractivity (Wildman–Crippen MR) is 118 cm³/mol. The topological polar surface area (TPSA) is 68.2 Å². The molecule has 0 unspecified atom stereocenters. The zero-order valence-electron chi connectivity index (χ0n) is 14.8. The van der Waals surface area contributed by atoms with Crippen molar-refractivity contribution in [2.24, 2.45) is 10.7 Å². The molecule has 3 N–H and O–H groups in total. The van der Waals surface area contributed by atoms with E-state index in [1.807, 2.05) is 35.3 Å². The molecule has 6 heteroatoms. The summed E-state index contributed by atoms with van der Waals surface area (Å²) < 4.78 is 2.04. The summed E-state index contributed by atoms with van der Waals surface area (Å²) in [5, 5.41) is 3.13. The number of rotatable bonds is 6. The molecule has 26 heavy (non-hydrogen) atoms. The summed E-state index contributed by atoms with van der Waals surface area (Å²) in [6.45, 7) is 3.48. The van der Waals surface area contributed by atoms with Gasteiger partial charge in [-0.25, -0.2) is 9.98 Å². The first-order chi connectivity index (χ1) is 12.2. The Morgan fingerprint density at radius 1 is 1.12 bits per heavy atom. The first-order valence-corrected chi connectivity index (χ1v) is 8.42. The van der Waals surface area contributed by atoms with E-state index in [0.29, 0.717) is 12.5 Å². The summed E-state index contributed by atoms with van der Waals surface area (Å²) in [4.78, 5) is 8.50. The number of imidazole rings is 1. The van der Waals surface area contributed by atoms with Crippen molar-refractivity contribution in [1.82, 2.24) is 9.55 Å². The van der Waals surface area contributed by atoms with Crippen molar-refractivity contribution in [3.63, 3.8) is 0 Å². The molecule has 0 fully saturated rings. The minimum absolute atomic E-state index is 0. The molecule has 1 aromatic heterocycles. The third-order valence-corrected chi connectivity index (χ3v) is 3.98. The van der Waals surface area contributed by atoms with Gasteiger partial charge in [-0.1, -0.05) is 43.3 Å². The second-order valence-corrected chi connectivity index (χ2v) is 5.93. The number of aromatic nitrogens is 2. The lowest BCUT2D eigenvalue weighted by atomic mass is 10.1. The highest BCUT2D eigenvalue weighted by Crippen LogP contribution is 2.11. The zero-order chi connectivity index (χ0) is 17.5. The van der Waals surface area contributed by atoms with E-state index < -0.39 is 0 Å². The molecule has 2 aromatic carbocycles. The molecule has 0 amide bonds. The number of nitrogens with two attached hydrogens (primary N) is 1. The van der Waals surface area contributed by atoms with Gasteiger partial charge in [0.2, 0.25) is 0 Å². The van der Waals surface area contributed by atoms with Crippen LogP contribution >= 0.6 is 24.0 Å². The monoisotopic (exact) mass is 461 g/mol. The quantitative estimate of drug-likeness (QED) is 0.331. The van der Waals surface area contributed by atoms with Gasteiger partial charge < -0.3 is 15.6 Å². The van der Waals surface area contributed by atoms with Gasteiger partial charge in [0.05, 0.1) is 12.9 Å². The van der Waals surface area contributed by atoms with Gasteiger partial charge in [-0.05, 0) is 35.2 Å². The molecule has 3 rings (SSSR count). The molecule has 0 saturated heterocycles. The van der Waals surface area contributed by atoms with Gasteiger partial charge in [-0.15, -0.1) is 24.0 Å². The van der Waals surface area contributed by atoms with Crippen LogP contribution in [0.5, 0.6) is 0 Å². The number of halogens is 1. The van der Waals surface area contributed by atoms with E-state index in [1.54, 1.807) is 6.20 Å². The molecule has 0 spiro atoms. The van der Waals surface area contributed by atoms with Crippen LogP contribution in [0.25, 0.3) is 0 Å². The van der Waals surface area contributed by atoms with Gasteiger partial charge >= 0.3 is 0 Å². The molecule has 0 aliphatic rings. The summed E-state index contributed by atoms with van der Waals surface area (Å²) in [5.74, 6) is 0.421. The number of nitrogens with one attached hydrogen (secondary N) is 1. The van der Waals surface area contributed by atoms with Crippen molar-refractivity contribution in [2.45, 2.75) is 26.4 Å². The lowest BCUT2D eigenvalue weighted by molar-refractivity contribution is 0.795. The third kappa shape index (κ3) is 5.87. The van der Waals surface area contributed by atoms with Gasteiger partial charge in [0, 0.05) is 24.6 Å². The largest absolute Gasteiger partial charge is 0.370 e. The molecular formula is C20H24IN5. The normalized spacial score (nSPS) is 11.0. The Labute approximate surface area is 171 Å². The van der Waals surface area contributed by atoms with Gasteiger partial charge in [0.1, 0.15) is 0 Å². The van der Waals surface area contributed by atoms with Crippen molar-refractivity contribution < 1.29 is 0 Å². The number of nitrogens with zero attached hydrogens (tertiary/aromatic N) is 3. The highest BCUT2D eigenvalue weighted by molar-refractivity contribution is 14.0. The molecule has 5 nitrogen and oxygen atoms in total. The van der Waals surface area contributed by atoms with Crippen molar-refractivity contribution in [1.29, 1.82) is 0 Å². The maximum Gasteiger partial charge on any atom is 0.193 e. The number of anilines is 1. The van der Waals surface area contributed by atoms with Crippen molar-refractivity contribution >= 4 is 35.6 Å². The Bertz CT molecular complexity index is 826. The molecule has 0 radical (unpaired) electrons. The summed E-state index contributed by atoms with van der Waals surface area (Å²) in [6.07, 6.45) is 6.58. The zero-order valence-corrected chi connectivity index (χ0v) is 17.1. The lowest BCUT2D eigenvalue weighted by Gasteiger charge is -2.07. The Morgan fingerprint density at radius 3 is 2.58 bits per heavy atom. The molecule has 0 aliphatic heterocycles. The van der Waals surface area contributed by atoms with Gasteiger partial charge in [0.15, 0.2) is 5.96 Å². The highest BCUT2D eigenvalue weighted by atomic mass is 127. The van der Waals surface area contributed by atoms with E-state index in [2.05, 4.69) is 52.5 Å². The molecule has 0 atom stereocenters. The number of aryl methyl sites for hydroxylation is 1. The molecule has 0 saturated carbocycles. The van der Waals surface area contributed by atoms with Gasteiger partial charge in [0.25, 0.3) is 0 Å². The highest BCUT2D eigenvalue weighted by Gasteiger charge is 1.99. The van der Waals surface area contributed by atoms with Gasteiger partial charge in [-0.3, -0.25) is 0 Å². The number of benzene rings is 2. The van der Waals surface area contributed by atoms with E-state index >= 15 is 0 Å². The second kappa shape index (κ2) is 9.96. The van der Waals surface area contributed by atoms with Crippen molar-refractivity contribution in [3.8, 4) is 0 Å². The van der Waals surface area contributed by atoms with Crippen LogP contribution < -0.4 is 11.1 Å². The molecular weight excluding hydrogens is 437 g/mol. The number of aliphatic imine (C=N–C) groups is 1. The fraction of sp³-hybridized carbons (Fsp3) is 0.200. The standard InChI is InChI=1S/C20H23N5.HI/c1-2-16-6-8-19(9-7-16)24-20(21)23-13-17-4-3-5-18(12-17)14-25-11-10-22-15-25;/h3-12,15H,2,13-14H2,1H3,(H3,21,23,24);1H. The van der Waals surface area contributed by atoms with Gasteiger partial charge in [-0.2, -0.15) is 0 Å². The fourth-order valence-electron chi connectivity index (χ4n) is 2.61. The van der Waals surface area contributed by atoms with E-state index in [4.69, 9.17) is 5.73 Å². The van der Waals surface area contributed by atoms with Crippen LogP contribution in [0.1, 0.15) is 23.6 Å². The van der Waals surface area contributed by atoms with E-state index in [9.17, 15) is 0 Å². The summed E-state index contributed by atoms with van der Waals surface area (Å²) >= 11 is 0. The first kappa shape index (κ1) is 20.0. The molecule has 1 heterocycles. The molecule has 3 aromatic rings. The van der Waals surface area contributed by atoms with Crippen molar-refractivity contribution in [2.75, 3.05) is 5.32 Å². The summed E-state index contributed by atoms with van der Waals surface area (Å²) in [6, 6.07) is 16.6. The Kier molecular flexibility index (Phi) is 7.65. The minimum Gasteiger partial charge on any atom is -0.370 e. The van der Waals surface area contributed by atoms with Crippen LogP contribution in [0, 0.1) is 0 Å². The minimum atomic E-state index is 0. The maximum absolute atomic E-state index is 6.00. The Balaban J connectivity index is 0.00000243. The average Bonchev–Trinajstić information content (AvgIpc) is 3.14. The Hall–Kier alpha value is -2.35. The Morgan fingerprint density at radius 2 is 1.88 bits per heavy atom.